The number of carboxylic acid groups (broad SMARTS) is 1. The van der Waals surface area contributed by atoms with Crippen LogP contribution in [0.5, 0.6) is 0 Å². The minimum absolute atomic E-state index is 0.0309. The predicted octanol–water partition coefficient (Wildman–Crippen LogP) is 5.68. The molecule has 0 aliphatic heterocycles. The van der Waals surface area contributed by atoms with Gasteiger partial charge in [0.25, 0.3) is 0 Å². The van der Waals surface area contributed by atoms with Gasteiger partial charge in [0.1, 0.15) is 10.6 Å². The number of hydrogen-bond donors (Lipinski definition) is 2. The largest absolute Gasteiger partial charge is 0.598 e. The van der Waals surface area contributed by atoms with Gasteiger partial charge in [0.15, 0.2) is 0 Å². The molecule has 2 aromatic carbocycles. The van der Waals surface area contributed by atoms with E-state index in [1.54, 1.807) is 58.0 Å². The van der Waals surface area contributed by atoms with Crippen molar-refractivity contribution in [2.45, 2.75) is 44.9 Å². The summed E-state index contributed by atoms with van der Waals surface area (Å²) in [6.45, 7) is 6.76. The average Bonchev–Trinajstić information content (AvgIpc) is 2.57. The maximum absolute atomic E-state index is 15.1. The van der Waals surface area contributed by atoms with Crippen molar-refractivity contribution in [2.75, 3.05) is 0 Å². The van der Waals surface area contributed by atoms with Crippen molar-refractivity contribution in [3.63, 3.8) is 0 Å². The minimum Gasteiger partial charge on any atom is -0.598 e. The van der Waals surface area contributed by atoms with Crippen LogP contribution in [0.15, 0.2) is 30.3 Å². The first-order valence-electron chi connectivity index (χ1n) is 8.56. The second kappa shape index (κ2) is 9.01. The van der Waals surface area contributed by atoms with Crippen molar-refractivity contribution < 1.29 is 18.8 Å². The van der Waals surface area contributed by atoms with Crippen molar-refractivity contribution in [1.82, 2.24) is 4.72 Å². The van der Waals surface area contributed by atoms with Gasteiger partial charge >= 0.3 is 5.97 Å². The summed E-state index contributed by atoms with van der Waals surface area (Å²) in [5.74, 6) is -1.80. The first-order valence-corrected chi connectivity index (χ1v) is 10.5. The number of aryl methyl sites for hydroxylation is 1. The highest BCUT2D eigenvalue weighted by Gasteiger charge is 2.34. The molecule has 0 radical (unpaired) electrons. The van der Waals surface area contributed by atoms with Gasteiger partial charge in [-0.2, -0.15) is 0 Å². The molecule has 0 aliphatic carbocycles. The zero-order chi connectivity index (χ0) is 21.2. The van der Waals surface area contributed by atoms with E-state index >= 15 is 4.39 Å². The van der Waals surface area contributed by atoms with Crippen molar-refractivity contribution >= 4 is 40.5 Å². The van der Waals surface area contributed by atoms with Gasteiger partial charge in [-0.3, -0.25) is 4.79 Å². The number of nitrogens with one attached hydrogen (secondary N) is 1. The Bertz CT molecular complexity index is 886. The van der Waals surface area contributed by atoms with Gasteiger partial charge in [-0.1, -0.05) is 41.4 Å². The Morgan fingerprint density at radius 3 is 2.43 bits per heavy atom. The van der Waals surface area contributed by atoms with Crippen LogP contribution in [0.4, 0.5) is 4.39 Å². The molecule has 2 aromatic rings. The molecule has 4 nitrogen and oxygen atoms in total. The zero-order valence-electron chi connectivity index (χ0n) is 16.0. The molecule has 0 saturated carbocycles. The van der Waals surface area contributed by atoms with E-state index in [1.165, 1.54) is 0 Å². The Balaban J connectivity index is 2.65. The lowest BCUT2D eigenvalue weighted by molar-refractivity contribution is -0.137. The van der Waals surface area contributed by atoms with Gasteiger partial charge in [-0.15, -0.1) is 4.72 Å². The molecule has 0 fully saturated rings. The van der Waals surface area contributed by atoms with E-state index in [0.29, 0.717) is 16.1 Å². The Morgan fingerprint density at radius 1 is 1.29 bits per heavy atom. The molecule has 0 saturated heterocycles. The van der Waals surface area contributed by atoms with E-state index in [9.17, 15) is 14.5 Å². The van der Waals surface area contributed by atoms with Gasteiger partial charge in [0.2, 0.25) is 0 Å². The molecule has 0 spiro atoms. The van der Waals surface area contributed by atoms with E-state index in [1.807, 2.05) is 0 Å². The highest BCUT2D eigenvalue weighted by Crippen LogP contribution is 2.41. The summed E-state index contributed by atoms with van der Waals surface area (Å²) in [4.78, 5) is 11.4. The third-order valence-corrected chi connectivity index (χ3v) is 6.46. The lowest BCUT2D eigenvalue weighted by Gasteiger charge is -2.28. The van der Waals surface area contributed by atoms with E-state index in [-0.39, 0.29) is 16.1 Å². The average molecular weight is 446 g/mol. The SMILES string of the molecule is Cc1cc(-c2ccccc2Cl)c(Cl)c(C(CC(=O)O)N[S@+]([O-])C(C)(C)C)c1F. The summed E-state index contributed by atoms with van der Waals surface area (Å²) in [5, 5.41) is 9.79. The standard InChI is InChI=1S/C20H22Cl2FNO3S/c1-11-9-13(12-7-5-6-8-14(12)21)18(22)17(19(11)23)15(10-16(25)26)24-28(27)20(2,3)4/h5-9,15,24H,10H2,1-4H3,(H,25,26)/t15?,28-/m1/s1. The van der Waals surface area contributed by atoms with Gasteiger partial charge in [-0.25, -0.2) is 4.39 Å². The fourth-order valence-electron chi connectivity index (χ4n) is 2.66. The second-order valence-corrected chi connectivity index (χ2v) is 10.2. The molecule has 8 heteroatoms. The number of hydrogen-bond acceptors (Lipinski definition) is 3. The first kappa shape index (κ1) is 23.0. The van der Waals surface area contributed by atoms with Crippen LogP contribution in [-0.2, 0) is 16.2 Å². The summed E-state index contributed by atoms with van der Waals surface area (Å²) < 4.78 is 29.7. The van der Waals surface area contributed by atoms with Crippen LogP contribution in [-0.4, -0.2) is 20.4 Å². The molecule has 28 heavy (non-hydrogen) atoms. The topological polar surface area (TPSA) is 72.4 Å². The Morgan fingerprint density at radius 2 is 1.89 bits per heavy atom. The van der Waals surface area contributed by atoms with E-state index in [0.717, 1.165) is 0 Å². The van der Waals surface area contributed by atoms with E-state index in [2.05, 4.69) is 4.72 Å². The predicted molar refractivity (Wildman–Crippen MR) is 113 cm³/mol. The number of carbonyl (C=O) groups is 1. The van der Waals surface area contributed by atoms with Crippen LogP contribution in [0.2, 0.25) is 10.0 Å². The second-order valence-electron chi connectivity index (χ2n) is 7.41. The molecule has 0 heterocycles. The van der Waals surface area contributed by atoms with Gasteiger partial charge in [0, 0.05) is 33.1 Å². The van der Waals surface area contributed by atoms with Crippen molar-refractivity contribution in [1.29, 1.82) is 0 Å². The highest BCUT2D eigenvalue weighted by atomic mass is 35.5. The number of rotatable bonds is 6. The summed E-state index contributed by atoms with van der Waals surface area (Å²) in [5.41, 5.74) is 1.34. The molecule has 0 bridgehead atoms. The van der Waals surface area contributed by atoms with Gasteiger partial charge < -0.3 is 9.66 Å². The zero-order valence-corrected chi connectivity index (χ0v) is 18.3. The lowest BCUT2D eigenvalue weighted by atomic mass is 9.94. The maximum Gasteiger partial charge on any atom is 0.305 e. The molecule has 2 atom stereocenters. The van der Waals surface area contributed by atoms with E-state index < -0.39 is 40.4 Å². The van der Waals surface area contributed by atoms with Crippen molar-refractivity contribution in [2.24, 2.45) is 0 Å². The molecule has 2 N–H and O–H groups in total. The molecular weight excluding hydrogens is 424 g/mol. The quantitative estimate of drug-likeness (QED) is 0.561. The number of benzene rings is 2. The first-order chi connectivity index (χ1) is 12.9. The van der Waals surface area contributed by atoms with E-state index in [4.69, 9.17) is 23.2 Å². The van der Waals surface area contributed by atoms with Gasteiger partial charge in [0.05, 0.1) is 17.5 Å². The maximum atomic E-state index is 15.1. The molecule has 152 valence electrons. The molecule has 2 rings (SSSR count). The summed E-state index contributed by atoms with van der Waals surface area (Å²) in [6.07, 6.45) is -0.482. The minimum atomic E-state index is -1.63. The van der Waals surface area contributed by atoms with Crippen LogP contribution < -0.4 is 4.72 Å². The van der Waals surface area contributed by atoms with Crippen LogP contribution in [0.25, 0.3) is 11.1 Å². The fraction of sp³-hybridized carbons (Fsp3) is 0.350. The van der Waals surface area contributed by atoms with Crippen molar-refractivity contribution in [3.8, 4) is 11.1 Å². The number of aliphatic carboxylic acids is 1. The summed E-state index contributed by atoms with van der Waals surface area (Å²) in [6, 6.07) is 7.47. The monoisotopic (exact) mass is 445 g/mol. The third-order valence-electron chi connectivity index (χ3n) is 4.11. The van der Waals surface area contributed by atoms with Crippen LogP contribution in [0.1, 0.15) is 44.4 Å². The fourth-order valence-corrected chi connectivity index (χ4v) is 4.08. The smallest absolute Gasteiger partial charge is 0.305 e. The van der Waals surface area contributed by atoms with Crippen LogP contribution in [0, 0.1) is 12.7 Å². The van der Waals surface area contributed by atoms with Crippen LogP contribution >= 0.6 is 23.2 Å². The Kier molecular flexibility index (Phi) is 7.39. The van der Waals surface area contributed by atoms with Crippen LogP contribution in [0.3, 0.4) is 0 Å². The molecule has 1 unspecified atom stereocenters. The lowest BCUT2D eigenvalue weighted by Crippen LogP contribution is -2.42. The Hall–Kier alpha value is -1.31. The molecular formula is C20H22Cl2FNO3S. The number of halogens is 3. The molecule has 0 aliphatic rings. The summed E-state index contributed by atoms with van der Waals surface area (Å²) >= 11 is 11.2. The highest BCUT2D eigenvalue weighted by molar-refractivity contribution is 7.90. The van der Waals surface area contributed by atoms with Gasteiger partial charge in [-0.05, 0) is 45.4 Å². The summed E-state index contributed by atoms with van der Waals surface area (Å²) in [7, 11) is 0. The molecule has 0 amide bonds. The molecule has 0 aromatic heterocycles. The third kappa shape index (κ3) is 5.19. The van der Waals surface area contributed by atoms with Crippen molar-refractivity contribution in [3.05, 3.63) is 57.3 Å². The Labute approximate surface area is 177 Å². The normalized spacial score (nSPS) is 14.0. The number of carboxylic acids is 1.